The van der Waals surface area contributed by atoms with E-state index < -0.39 is 12.0 Å². The van der Waals surface area contributed by atoms with Crippen molar-refractivity contribution >= 4 is 23.2 Å². The first-order valence-electron chi connectivity index (χ1n) is 8.55. The van der Waals surface area contributed by atoms with Gasteiger partial charge in [-0.3, -0.25) is 4.79 Å². The molecule has 0 aliphatic rings. The number of aromatic carboxylic acids is 1. The SMILES string of the molecule is COc1ccc(C(=O)NC(C)c2nc(C)c(C(=O)O)s2)c(OCC(C)C)c1. The number of thiazole rings is 1. The van der Waals surface area contributed by atoms with Gasteiger partial charge >= 0.3 is 5.97 Å². The number of nitrogens with one attached hydrogen (secondary N) is 1. The monoisotopic (exact) mass is 392 g/mol. The number of aryl methyl sites for hydroxylation is 1. The summed E-state index contributed by atoms with van der Waals surface area (Å²) < 4.78 is 11.0. The van der Waals surface area contributed by atoms with Gasteiger partial charge in [0.05, 0.1) is 31.0 Å². The van der Waals surface area contributed by atoms with E-state index in [1.807, 2.05) is 13.8 Å². The lowest BCUT2D eigenvalue weighted by atomic mass is 10.1. The van der Waals surface area contributed by atoms with Crippen LogP contribution in [0.2, 0.25) is 0 Å². The quantitative estimate of drug-likeness (QED) is 0.711. The Labute approximate surface area is 162 Å². The number of hydrogen-bond donors (Lipinski definition) is 2. The van der Waals surface area contributed by atoms with Crippen LogP contribution in [0.4, 0.5) is 0 Å². The molecule has 1 heterocycles. The highest BCUT2D eigenvalue weighted by atomic mass is 32.1. The number of aromatic nitrogens is 1. The van der Waals surface area contributed by atoms with Crippen LogP contribution in [-0.4, -0.2) is 35.7 Å². The molecule has 1 unspecified atom stereocenters. The van der Waals surface area contributed by atoms with Gasteiger partial charge in [-0.25, -0.2) is 9.78 Å². The maximum atomic E-state index is 12.7. The fourth-order valence-electron chi connectivity index (χ4n) is 2.33. The molecule has 2 aromatic rings. The Bertz CT molecular complexity index is 832. The second kappa shape index (κ2) is 8.85. The number of ether oxygens (including phenoxy) is 2. The lowest BCUT2D eigenvalue weighted by Crippen LogP contribution is -2.27. The van der Waals surface area contributed by atoms with Gasteiger partial charge in [-0.05, 0) is 31.9 Å². The molecule has 0 radical (unpaired) electrons. The summed E-state index contributed by atoms with van der Waals surface area (Å²) in [6.45, 7) is 7.91. The van der Waals surface area contributed by atoms with Crippen molar-refractivity contribution in [1.29, 1.82) is 0 Å². The van der Waals surface area contributed by atoms with Crippen LogP contribution in [0.3, 0.4) is 0 Å². The lowest BCUT2D eigenvalue weighted by molar-refractivity contribution is 0.0700. The molecule has 0 bridgehead atoms. The van der Waals surface area contributed by atoms with Crippen LogP contribution in [0.1, 0.15) is 57.5 Å². The summed E-state index contributed by atoms with van der Waals surface area (Å²) in [6, 6.07) is 4.58. The molecule has 1 aromatic carbocycles. The minimum Gasteiger partial charge on any atom is -0.497 e. The van der Waals surface area contributed by atoms with Crippen LogP contribution in [0.25, 0.3) is 0 Å². The zero-order chi connectivity index (χ0) is 20.1. The van der Waals surface area contributed by atoms with E-state index in [4.69, 9.17) is 14.6 Å². The lowest BCUT2D eigenvalue weighted by Gasteiger charge is -2.16. The van der Waals surface area contributed by atoms with E-state index in [0.29, 0.717) is 40.3 Å². The number of nitrogens with zero attached hydrogens (tertiary/aromatic N) is 1. The maximum Gasteiger partial charge on any atom is 0.347 e. The van der Waals surface area contributed by atoms with Crippen LogP contribution in [0.15, 0.2) is 18.2 Å². The Balaban J connectivity index is 2.21. The molecule has 1 aromatic heterocycles. The van der Waals surface area contributed by atoms with Gasteiger partial charge in [-0.1, -0.05) is 13.8 Å². The molecule has 0 aliphatic heterocycles. The Morgan fingerprint density at radius 1 is 1.30 bits per heavy atom. The van der Waals surface area contributed by atoms with Gasteiger partial charge in [-0.15, -0.1) is 11.3 Å². The smallest absolute Gasteiger partial charge is 0.347 e. The topological polar surface area (TPSA) is 97.8 Å². The van der Waals surface area contributed by atoms with Gasteiger partial charge in [0.15, 0.2) is 0 Å². The molecule has 2 N–H and O–H groups in total. The molecule has 1 amide bonds. The number of benzene rings is 1. The van der Waals surface area contributed by atoms with Crippen LogP contribution in [-0.2, 0) is 0 Å². The molecule has 2 rings (SSSR count). The summed E-state index contributed by atoms with van der Waals surface area (Å²) in [5, 5.41) is 12.6. The van der Waals surface area contributed by atoms with Crippen LogP contribution in [0.5, 0.6) is 11.5 Å². The van der Waals surface area contributed by atoms with E-state index >= 15 is 0 Å². The number of carbonyl (C=O) groups is 2. The standard InChI is InChI=1S/C19H24N2O5S/c1-10(2)9-26-15-8-13(25-5)6-7-14(15)17(22)20-12(4)18-21-11(3)16(27-18)19(23)24/h6-8,10,12H,9H2,1-5H3,(H,20,22)(H,23,24). The van der Waals surface area contributed by atoms with E-state index in [9.17, 15) is 9.59 Å². The number of carbonyl (C=O) groups excluding carboxylic acids is 1. The van der Waals surface area contributed by atoms with Gasteiger partial charge in [-0.2, -0.15) is 0 Å². The van der Waals surface area contributed by atoms with Gasteiger partial charge in [0, 0.05) is 6.07 Å². The second-order valence-corrected chi connectivity index (χ2v) is 7.56. The maximum absolute atomic E-state index is 12.7. The predicted octanol–water partition coefficient (Wildman–Crippen LogP) is 3.68. The minimum atomic E-state index is -1.02. The molecular formula is C19H24N2O5S. The third-order valence-corrected chi connectivity index (χ3v) is 5.06. The highest BCUT2D eigenvalue weighted by Gasteiger charge is 2.21. The molecule has 0 spiro atoms. The molecule has 8 heteroatoms. The average Bonchev–Trinajstić information content (AvgIpc) is 3.01. The molecule has 0 aliphatic carbocycles. The summed E-state index contributed by atoms with van der Waals surface area (Å²) in [6.07, 6.45) is 0. The molecule has 146 valence electrons. The van der Waals surface area contributed by atoms with E-state index in [1.165, 1.54) is 0 Å². The average molecular weight is 392 g/mol. The zero-order valence-corrected chi connectivity index (χ0v) is 16.8. The van der Waals surface area contributed by atoms with Crippen molar-refractivity contribution in [3.8, 4) is 11.5 Å². The third-order valence-electron chi connectivity index (χ3n) is 3.73. The first kappa shape index (κ1) is 20.7. The van der Waals surface area contributed by atoms with Crippen LogP contribution < -0.4 is 14.8 Å². The van der Waals surface area contributed by atoms with Gasteiger partial charge in [0.1, 0.15) is 21.4 Å². The van der Waals surface area contributed by atoms with Crippen LogP contribution in [0, 0.1) is 12.8 Å². The van der Waals surface area contributed by atoms with Crippen molar-refractivity contribution in [3.05, 3.63) is 39.3 Å². The highest BCUT2D eigenvalue weighted by Crippen LogP contribution is 2.27. The Morgan fingerprint density at radius 3 is 2.56 bits per heavy atom. The molecule has 0 saturated carbocycles. The third kappa shape index (κ3) is 5.19. The van der Waals surface area contributed by atoms with E-state index in [-0.39, 0.29) is 10.8 Å². The van der Waals surface area contributed by atoms with Crippen molar-refractivity contribution in [3.63, 3.8) is 0 Å². The summed E-state index contributed by atoms with van der Waals surface area (Å²) in [7, 11) is 1.55. The van der Waals surface area contributed by atoms with Crippen molar-refractivity contribution < 1.29 is 24.2 Å². The van der Waals surface area contributed by atoms with Gasteiger partial charge in [0.25, 0.3) is 5.91 Å². The minimum absolute atomic E-state index is 0.177. The van der Waals surface area contributed by atoms with E-state index in [1.54, 1.807) is 39.2 Å². The summed E-state index contributed by atoms with van der Waals surface area (Å²) >= 11 is 1.06. The summed E-state index contributed by atoms with van der Waals surface area (Å²) in [5.41, 5.74) is 0.823. The second-order valence-electron chi connectivity index (χ2n) is 6.53. The molecule has 0 fully saturated rings. The largest absolute Gasteiger partial charge is 0.497 e. The molecule has 1 atom stereocenters. The fraction of sp³-hybridized carbons (Fsp3) is 0.421. The number of carboxylic acid groups (broad SMARTS) is 1. The number of carboxylic acids is 1. The van der Waals surface area contributed by atoms with Gasteiger partial charge < -0.3 is 19.9 Å². The Hall–Kier alpha value is -2.61. The summed E-state index contributed by atoms with van der Waals surface area (Å²) in [4.78, 5) is 28.4. The van der Waals surface area contributed by atoms with Crippen LogP contribution >= 0.6 is 11.3 Å². The van der Waals surface area contributed by atoms with Crippen molar-refractivity contribution in [1.82, 2.24) is 10.3 Å². The van der Waals surface area contributed by atoms with Gasteiger partial charge in [0.2, 0.25) is 0 Å². The Kier molecular flexibility index (Phi) is 6.79. The molecule has 27 heavy (non-hydrogen) atoms. The number of rotatable bonds is 8. The number of hydrogen-bond acceptors (Lipinski definition) is 6. The predicted molar refractivity (Wildman–Crippen MR) is 103 cm³/mol. The highest BCUT2D eigenvalue weighted by molar-refractivity contribution is 7.13. The molecule has 7 nitrogen and oxygen atoms in total. The van der Waals surface area contributed by atoms with E-state index in [2.05, 4.69) is 10.3 Å². The molecular weight excluding hydrogens is 368 g/mol. The Morgan fingerprint density at radius 2 is 2.00 bits per heavy atom. The fourth-order valence-corrected chi connectivity index (χ4v) is 3.24. The van der Waals surface area contributed by atoms with Crippen molar-refractivity contribution in [2.75, 3.05) is 13.7 Å². The number of amides is 1. The van der Waals surface area contributed by atoms with E-state index in [0.717, 1.165) is 11.3 Å². The van der Waals surface area contributed by atoms with Crippen molar-refractivity contribution in [2.45, 2.75) is 33.7 Å². The first-order chi connectivity index (χ1) is 12.7. The molecule has 0 saturated heterocycles. The van der Waals surface area contributed by atoms with Crippen molar-refractivity contribution in [2.24, 2.45) is 5.92 Å². The zero-order valence-electron chi connectivity index (χ0n) is 16.0. The summed E-state index contributed by atoms with van der Waals surface area (Å²) in [5.74, 6) is -0.00370. The normalized spacial score (nSPS) is 11.9. The first-order valence-corrected chi connectivity index (χ1v) is 9.36. The number of methoxy groups -OCH3 is 1.